The zero-order valence-corrected chi connectivity index (χ0v) is 15.4. The van der Waals surface area contributed by atoms with Crippen molar-refractivity contribution in [2.24, 2.45) is 0 Å². The molecule has 2 N–H and O–H groups in total. The van der Waals surface area contributed by atoms with E-state index < -0.39 is 0 Å². The standard InChI is InChI=1S/C22H14N2O3S/c25-21-15-12-14(9-10-17(15)27-18-7-3-2-6-16(18)24-21)23-22(26)20-11-13-5-1-4-8-19(13)28-20/h1-12H,(H,23,26)(H,24,25). The number of fused-ring (bicyclic) bond motifs is 3. The third kappa shape index (κ3) is 2.90. The summed E-state index contributed by atoms with van der Waals surface area (Å²) in [6.45, 7) is 0. The maximum Gasteiger partial charge on any atom is 0.265 e. The van der Waals surface area contributed by atoms with Gasteiger partial charge in [0, 0.05) is 10.4 Å². The molecule has 0 bridgehead atoms. The Labute approximate surface area is 164 Å². The first-order chi connectivity index (χ1) is 13.7. The van der Waals surface area contributed by atoms with E-state index in [0.717, 1.165) is 10.1 Å². The van der Waals surface area contributed by atoms with E-state index in [4.69, 9.17) is 4.74 Å². The molecule has 3 aromatic carbocycles. The molecular weight excluding hydrogens is 372 g/mol. The van der Waals surface area contributed by atoms with E-state index in [9.17, 15) is 9.59 Å². The van der Waals surface area contributed by atoms with Crippen LogP contribution in [0, 0.1) is 0 Å². The van der Waals surface area contributed by atoms with Gasteiger partial charge < -0.3 is 15.4 Å². The monoisotopic (exact) mass is 386 g/mol. The molecule has 0 atom stereocenters. The summed E-state index contributed by atoms with van der Waals surface area (Å²) in [5.74, 6) is 0.538. The van der Waals surface area contributed by atoms with E-state index >= 15 is 0 Å². The highest BCUT2D eigenvalue weighted by Crippen LogP contribution is 2.36. The SMILES string of the molecule is O=C(Nc1ccc2c(c1)C(=O)Nc1ccccc1O2)c1cc2ccccc2s1. The van der Waals surface area contributed by atoms with Crippen molar-refractivity contribution >= 4 is 44.6 Å². The molecule has 1 aliphatic rings. The fourth-order valence-corrected chi connectivity index (χ4v) is 4.09. The first-order valence-corrected chi connectivity index (χ1v) is 9.51. The van der Waals surface area contributed by atoms with Gasteiger partial charge in [0.25, 0.3) is 11.8 Å². The van der Waals surface area contributed by atoms with Gasteiger partial charge in [-0.15, -0.1) is 11.3 Å². The zero-order chi connectivity index (χ0) is 19.1. The molecule has 28 heavy (non-hydrogen) atoms. The summed E-state index contributed by atoms with van der Waals surface area (Å²) < 4.78 is 6.92. The summed E-state index contributed by atoms with van der Waals surface area (Å²) in [7, 11) is 0. The average Bonchev–Trinajstić information content (AvgIpc) is 3.09. The Bertz CT molecular complexity index is 1210. The highest BCUT2D eigenvalue weighted by molar-refractivity contribution is 7.20. The average molecular weight is 386 g/mol. The van der Waals surface area contributed by atoms with Crippen LogP contribution in [0.5, 0.6) is 11.5 Å². The second-order valence-corrected chi connectivity index (χ2v) is 7.45. The zero-order valence-electron chi connectivity index (χ0n) is 14.6. The fraction of sp³-hybridized carbons (Fsp3) is 0. The van der Waals surface area contributed by atoms with Crippen LogP contribution >= 0.6 is 11.3 Å². The smallest absolute Gasteiger partial charge is 0.265 e. The van der Waals surface area contributed by atoms with E-state index in [1.807, 2.05) is 42.5 Å². The number of hydrogen-bond donors (Lipinski definition) is 2. The summed E-state index contributed by atoms with van der Waals surface area (Å²) in [5.41, 5.74) is 1.51. The molecule has 0 aliphatic carbocycles. The molecule has 0 saturated heterocycles. The Morgan fingerprint density at radius 1 is 0.929 bits per heavy atom. The first kappa shape index (κ1) is 16.5. The molecule has 5 nitrogen and oxygen atoms in total. The number of hydrogen-bond acceptors (Lipinski definition) is 4. The van der Waals surface area contributed by atoms with Crippen molar-refractivity contribution in [3.05, 3.63) is 83.2 Å². The maximum absolute atomic E-state index is 12.6. The Hall–Kier alpha value is -3.64. The van der Waals surface area contributed by atoms with Gasteiger partial charge in [-0.3, -0.25) is 9.59 Å². The van der Waals surface area contributed by atoms with Crippen LogP contribution < -0.4 is 15.4 Å². The van der Waals surface area contributed by atoms with Crippen LogP contribution in [0.25, 0.3) is 10.1 Å². The van der Waals surface area contributed by atoms with Crippen molar-refractivity contribution in [2.45, 2.75) is 0 Å². The van der Waals surface area contributed by atoms with E-state index in [0.29, 0.717) is 33.3 Å². The lowest BCUT2D eigenvalue weighted by atomic mass is 10.1. The quantitative estimate of drug-likeness (QED) is 0.477. The number of thiophene rings is 1. The molecule has 0 fully saturated rings. The molecule has 0 spiro atoms. The van der Waals surface area contributed by atoms with Crippen LogP contribution in [-0.2, 0) is 0 Å². The van der Waals surface area contributed by atoms with E-state index in [1.54, 1.807) is 30.3 Å². The Morgan fingerprint density at radius 3 is 2.64 bits per heavy atom. The molecule has 0 unspecified atom stereocenters. The van der Waals surface area contributed by atoms with E-state index in [2.05, 4.69) is 10.6 Å². The number of ether oxygens (including phenoxy) is 1. The van der Waals surface area contributed by atoms with Crippen LogP contribution in [0.3, 0.4) is 0 Å². The third-order valence-electron chi connectivity index (χ3n) is 4.49. The summed E-state index contributed by atoms with van der Waals surface area (Å²) in [5, 5.41) is 6.73. The number of rotatable bonds is 2. The van der Waals surface area contributed by atoms with Crippen molar-refractivity contribution < 1.29 is 14.3 Å². The van der Waals surface area contributed by atoms with Crippen molar-refractivity contribution in [3.8, 4) is 11.5 Å². The molecule has 0 saturated carbocycles. The molecule has 2 heterocycles. The van der Waals surface area contributed by atoms with Gasteiger partial charge in [0.15, 0.2) is 5.75 Å². The van der Waals surface area contributed by atoms with Crippen LogP contribution in [0.15, 0.2) is 72.8 Å². The predicted octanol–water partition coefficient (Wildman–Crippen LogP) is 5.51. The van der Waals surface area contributed by atoms with Gasteiger partial charge in [0.05, 0.1) is 16.1 Å². The third-order valence-corrected chi connectivity index (χ3v) is 5.60. The molecule has 2 amide bonds. The van der Waals surface area contributed by atoms with E-state index in [-0.39, 0.29) is 11.8 Å². The highest BCUT2D eigenvalue weighted by Gasteiger charge is 2.21. The summed E-state index contributed by atoms with van der Waals surface area (Å²) in [6.07, 6.45) is 0. The molecule has 6 heteroatoms. The maximum atomic E-state index is 12.6. The lowest BCUT2D eigenvalue weighted by Crippen LogP contribution is -2.13. The molecule has 136 valence electrons. The van der Waals surface area contributed by atoms with Crippen LogP contribution in [0.2, 0.25) is 0 Å². The van der Waals surface area contributed by atoms with Crippen molar-refractivity contribution in [1.82, 2.24) is 0 Å². The van der Waals surface area contributed by atoms with Crippen molar-refractivity contribution in [1.29, 1.82) is 0 Å². The van der Waals surface area contributed by atoms with Gasteiger partial charge in [-0.25, -0.2) is 0 Å². The fourth-order valence-electron chi connectivity index (χ4n) is 3.13. The molecule has 1 aliphatic heterocycles. The largest absolute Gasteiger partial charge is 0.454 e. The van der Waals surface area contributed by atoms with Crippen LogP contribution in [0.1, 0.15) is 20.0 Å². The molecule has 0 radical (unpaired) electrons. The van der Waals surface area contributed by atoms with Crippen LogP contribution in [-0.4, -0.2) is 11.8 Å². The number of carbonyl (C=O) groups excluding carboxylic acids is 2. The number of para-hydroxylation sites is 2. The minimum Gasteiger partial charge on any atom is -0.454 e. The van der Waals surface area contributed by atoms with Gasteiger partial charge >= 0.3 is 0 Å². The number of benzene rings is 3. The number of nitrogens with one attached hydrogen (secondary N) is 2. The van der Waals surface area contributed by atoms with Gasteiger partial charge in [-0.1, -0.05) is 30.3 Å². The molecule has 5 rings (SSSR count). The molecule has 1 aromatic heterocycles. The number of carbonyl (C=O) groups is 2. The topological polar surface area (TPSA) is 67.4 Å². The lowest BCUT2D eigenvalue weighted by molar-refractivity contribution is 0.101. The van der Waals surface area contributed by atoms with Gasteiger partial charge in [-0.2, -0.15) is 0 Å². The number of amides is 2. The second-order valence-electron chi connectivity index (χ2n) is 6.37. The van der Waals surface area contributed by atoms with Gasteiger partial charge in [0.2, 0.25) is 0 Å². The molecular formula is C22H14N2O3S. The summed E-state index contributed by atoms with van der Waals surface area (Å²) in [6, 6.07) is 22.0. The minimum atomic E-state index is -0.280. The predicted molar refractivity (Wildman–Crippen MR) is 111 cm³/mol. The van der Waals surface area contributed by atoms with Crippen LogP contribution in [0.4, 0.5) is 11.4 Å². The summed E-state index contributed by atoms with van der Waals surface area (Å²) >= 11 is 1.43. The Morgan fingerprint density at radius 2 is 1.75 bits per heavy atom. The second kappa shape index (κ2) is 6.51. The lowest BCUT2D eigenvalue weighted by Gasteiger charge is -2.09. The minimum absolute atomic E-state index is 0.209. The Balaban J connectivity index is 1.44. The molecule has 4 aromatic rings. The highest BCUT2D eigenvalue weighted by atomic mass is 32.1. The van der Waals surface area contributed by atoms with E-state index in [1.165, 1.54) is 11.3 Å². The van der Waals surface area contributed by atoms with Gasteiger partial charge in [0.1, 0.15) is 5.75 Å². The Kier molecular flexibility index (Phi) is 3.84. The normalized spacial score (nSPS) is 12.4. The van der Waals surface area contributed by atoms with Gasteiger partial charge in [-0.05, 0) is 47.9 Å². The number of anilines is 2. The van der Waals surface area contributed by atoms with Crippen molar-refractivity contribution in [2.75, 3.05) is 10.6 Å². The first-order valence-electron chi connectivity index (χ1n) is 8.69. The van der Waals surface area contributed by atoms with Crippen molar-refractivity contribution in [3.63, 3.8) is 0 Å². The summed E-state index contributed by atoms with van der Waals surface area (Å²) in [4.78, 5) is 25.9.